The lowest BCUT2D eigenvalue weighted by molar-refractivity contribution is -0.133. The molecular weight excluding hydrogens is 316 g/mol. The lowest BCUT2D eigenvalue weighted by atomic mass is 9.68. The third kappa shape index (κ3) is 3.43. The van der Waals surface area contributed by atoms with Crippen LogP contribution < -0.4 is 16.6 Å². The van der Waals surface area contributed by atoms with Crippen molar-refractivity contribution in [1.82, 2.24) is 15.8 Å². The van der Waals surface area contributed by atoms with Crippen LogP contribution in [-0.2, 0) is 9.53 Å². The van der Waals surface area contributed by atoms with Gasteiger partial charge < -0.3 is 10.5 Å². The molecule has 1 amide bonds. The predicted octanol–water partition coefficient (Wildman–Crippen LogP) is 1.44. The average Bonchev–Trinajstić information content (AvgIpc) is 2.69. The number of nitrogens with zero attached hydrogens (tertiary/aromatic N) is 1. The molecule has 5 atom stereocenters. The van der Waals surface area contributed by atoms with Gasteiger partial charge >= 0.3 is 0 Å². The molecule has 3 aliphatic rings. The molecule has 1 aliphatic carbocycles. The van der Waals surface area contributed by atoms with E-state index in [0.29, 0.717) is 24.3 Å². The minimum atomic E-state index is 0.0916. The van der Waals surface area contributed by atoms with Gasteiger partial charge in [0.15, 0.2) is 0 Å². The van der Waals surface area contributed by atoms with Crippen molar-refractivity contribution in [3.63, 3.8) is 0 Å². The highest BCUT2D eigenvalue weighted by Gasteiger charge is 2.42. The Labute approximate surface area is 148 Å². The molecule has 1 saturated carbocycles. The number of aromatic nitrogens is 1. The van der Waals surface area contributed by atoms with E-state index in [1.807, 2.05) is 12.4 Å². The summed E-state index contributed by atoms with van der Waals surface area (Å²) in [6, 6.07) is 2.49. The summed E-state index contributed by atoms with van der Waals surface area (Å²) in [5.74, 6) is 1.45. The first kappa shape index (κ1) is 16.9. The van der Waals surface area contributed by atoms with Crippen LogP contribution in [0, 0.1) is 11.8 Å². The Balaban J connectivity index is 1.51. The van der Waals surface area contributed by atoms with Crippen molar-refractivity contribution < 1.29 is 9.53 Å². The van der Waals surface area contributed by atoms with Crippen LogP contribution in [0.1, 0.15) is 55.1 Å². The molecule has 1 aromatic rings. The fourth-order valence-corrected chi connectivity index (χ4v) is 4.80. The SMILES string of the molecule is NCC1NNC(=O)C2CCC(c3cncc(C4CCCOC4)c3)CC12. The number of hydrogen-bond acceptors (Lipinski definition) is 5. The van der Waals surface area contributed by atoms with E-state index in [9.17, 15) is 4.79 Å². The van der Waals surface area contributed by atoms with Crippen LogP contribution >= 0.6 is 0 Å². The molecular formula is C19H28N4O2. The van der Waals surface area contributed by atoms with Gasteiger partial charge in [-0.1, -0.05) is 6.07 Å². The zero-order chi connectivity index (χ0) is 17.2. The summed E-state index contributed by atoms with van der Waals surface area (Å²) in [5.41, 5.74) is 14.4. The standard InChI is InChI=1S/C19H28N4O2/c20-8-18-17-7-12(3-4-16(17)19(24)23-22-18)14-6-15(10-21-9-14)13-2-1-5-25-11-13/h6,9-10,12-13,16-18,22H,1-5,7-8,11,20H2,(H,23,24). The number of fused-ring (bicyclic) bond motifs is 1. The van der Waals surface area contributed by atoms with Gasteiger partial charge in [-0.3, -0.25) is 15.2 Å². The molecule has 25 heavy (non-hydrogen) atoms. The molecule has 0 radical (unpaired) electrons. The van der Waals surface area contributed by atoms with Crippen molar-refractivity contribution in [2.75, 3.05) is 19.8 Å². The first-order chi connectivity index (χ1) is 12.3. The van der Waals surface area contributed by atoms with E-state index in [2.05, 4.69) is 21.9 Å². The maximum absolute atomic E-state index is 12.2. The van der Waals surface area contributed by atoms with E-state index >= 15 is 0 Å². The lowest BCUT2D eigenvalue weighted by Crippen LogP contribution is -2.62. The van der Waals surface area contributed by atoms with Gasteiger partial charge in [-0.2, -0.15) is 0 Å². The summed E-state index contributed by atoms with van der Waals surface area (Å²) in [6.07, 6.45) is 9.27. The normalized spacial score (nSPS) is 35.7. The highest BCUT2D eigenvalue weighted by molar-refractivity contribution is 5.79. The molecule has 6 nitrogen and oxygen atoms in total. The van der Waals surface area contributed by atoms with Crippen molar-refractivity contribution in [2.45, 2.75) is 50.0 Å². The minimum absolute atomic E-state index is 0.0916. The Kier molecular flexibility index (Phi) is 5.01. The molecule has 4 rings (SSSR count). The molecule has 0 bridgehead atoms. The quantitative estimate of drug-likeness (QED) is 0.772. The van der Waals surface area contributed by atoms with Crippen LogP contribution in [0.25, 0.3) is 0 Å². The molecule has 136 valence electrons. The topological polar surface area (TPSA) is 89.3 Å². The monoisotopic (exact) mass is 344 g/mol. The highest BCUT2D eigenvalue weighted by Crippen LogP contribution is 2.42. The van der Waals surface area contributed by atoms with Crippen molar-refractivity contribution >= 4 is 5.91 Å². The minimum Gasteiger partial charge on any atom is -0.381 e. The van der Waals surface area contributed by atoms with Crippen LogP contribution in [0.2, 0.25) is 0 Å². The smallest absolute Gasteiger partial charge is 0.237 e. The number of carbonyl (C=O) groups is 1. The van der Waals surface area contributed by atoms with Gasteiger partial charge in [0.05, 0.1) is 6.61 Å². The van der Waals surface area contributed by atoms with Gasteiger partial charge in [0.2, 0.25) is 5.91 Å². The maximum Gasteiger partial charge on any atom is 0.237 e. The molecule has 0 aromatic carbocycles. The van der Waals surface area contributed by atoms with Crippen molar-refractivity contribution in [3.05, 3.63) is 29.6 Å². The van der Waals surface area contributed by atoms with Gasteiger partial charge in [-0.25, -0.2) is 5.43 Å². The number of hydrogen-bond donors (Lipinski definition) is 3. The zero-order valence-corrected chi connectivity index (χ0v) is 14.6. The molecule has 0 spiro atoms. The average molecular weight is 344 g/mol. The zero-order valence-electron chi connectivity index (χ0n) is 14.6. The molecule has 6 heteroatoms. The summed E-state index contributed by atoms with van der Waals surface area (Å²) in [7, 11) is 0. The third-order valence-corrected chi connectivity index (χ3v) is 6.27. The second-order valence-electron chi connectivity index (χ2n) is 7.72. The van der Waals surface area contributed by atoms with E-state index in [1.54, 1.807) is 0 Å². The molecule has 2 saturated heterocycles. The van der Waals surface area contributed by atoms with E-state index in [4.69, 9.17) is 10.5 Å². The van der Waals surface area contributed by atoms with Crippen LogP contribution in [0.3, 0.4) is 0 Å². The van der Waals surface area contributed by atoms with E-state index in [0.717, 1.165) is 38.9 Å². The fourth-order valence-electron chi connectivity index (χ4n) is 4.80. The Morgan fingerprint density at radius 1 is 1.20 bits per heavy atom. The van der Waals surface area contributed by atoms with Crippen molar-refractivity contribution in [3.8, 4) is 0 Å². The molecule has 3 fully saturated rings. The summed E-state index contributed by atoms with van der Waals surface area (Å²) in [6.45, 7) is 2.23. The number of nitrogens with one attached hydrogen (secondary N) is 2. The van der Waals surface area contributed by atoms with Gasteiger partial charge in [0, 0.05) is 43.4 Å². The Bertz CT molecular complexity index is 617. The number of pyridine rings is 1. The number of nitrogens with two attached hydrogens (primary N) is 1. The van der Waals surface area contributed by atoms with Crippen LogP contribution in [0.15, 0.2) is 18.5 Å². The van der Waals surface area contributed by atoms with Gasteiger partial charge in [-0.05, 0) is 55.1 Å². The second-order valence-corrected chi connectivity index (χ2v) is 7.72. The molecule has 5 unspecified atom stereocenters. The summed E-state index contributed by atoms with van der Waals surface area (Å²) >= 11 is 0. The summed E-state index contributed by atoms with van der Waals surface area (Å²) < 4.78 is 5.64. The molecule has 2 aliphatic heterocycles. The van der Waals surface area contributed by atoms with Crippen LogP contribution in [0.5, 0.6) is 0 Å². The number of ether oxygens (including phenoxy) is 1. The van der Waals surface area contributed by atoms with E-state index in [1.165, 1.54) is 17.5 Å². The molecule has 4 N–H and O–H groups in total. The van der Waals surface area contributed by atoms with Crippen LogP contribution in [0.4, 0.5) is 0 Å². The molecule has 1 aromatic heterocycles. The third-order valence-electron chi connectivity index (χ3n) is 6.27. The second kappa shape index (κ2) is 7.40. The highest BCUT2D eigenvalue weighted by atomic mass is 16.5. The Hall–Kier alpha value is -1.50. The first-order valence-electron chi connectivity index (χ1n) is 9.54. The Morgan fingerprint density at radius 2 is 2.04 bits per heavy atom. The first-order valence-corrected chi connectivity index (χ1v) is 9.54. The van der Waals surface area contributed by atoms with E-state index in [-0.39, 0.29) is 17.9 Å². The van der Waals surface area contributed by atoms with Gasteiger partial charge in [-0.15, -0.1) is 0 Å². The number of rotatable bonds is 3. The predicted molar refractivity (Wildman–Crippen MR) is 94.7 cm³/mol. The summed E-state index contributed by atoms with van der Waals surface area (Å²) in [5, 5.41) is 0. The number of carbonyl (C=O) groups excluding carboxylic acids is 1. The van der Waals surface area contributed by atoms with Gasteiger partial charge in [0.1, 0.15) is 0 Å². The lowest BCUT2D eigenvalue weighted by Gasteiger charge is -2.43. The van der Waals surface area contributed by atoms with Crippen molar-refractivity contribution in [1.29, 1.82) is 0 Å². The largest absolute Gasteiger partial charge is 0.381 e. The van der Waals surface area contributed by atoms with Crippen LogP contribution in [-0.4, -0.2) is 36.7 Å². The number of amides is 1. The summed E-state index contributed by atoms with van der Waals surface area (Å²) in [4.78, 5) is 16.7. The number of hydrazine groups is 1. The fraction of sp³-hybridized carbons (Fsp3) is 0.684. The van der Waals surface area contributed by atoms with Gasteiger partial charge in [0.25, 0.3) is 0 Å². The maximum atomic E-state index is 12.2. The Morgan fingerprint density at radius 3 is 2.80 bits per heavy atom. The van der Waals surface area contributed by atoms with E-state index < -0.39 is 0 Å². The van der Waals surface area contributed by atoms with Crippen molar-refractivity contribution in [2.24, 2.45) is 17.6 Å². The molecule has 3 heterocycles.